The molecule has 3 rings (SSSR count). The standard InChI is InChI=1S/C21H22FNO3/c22-17-11-8-15(9-12-17)10-13-21(25)26-14-20(24)23-19-7-3-5-16-4-1-2-6-18(16)19/h1-2,4,6,8-9,11-12,19H,3,5,7,10,13-14H2,(H,23,24)/t19-/m0/s1. The molecule has 2 aromatic carbocycles. The second-order valence-electron chi connectivity index (χ2n) is 6.50. The molecule has 0 bridgehead atoms. The smallest absolute Gasteiger partial charge is 0.306 e. The van der Waals surface area contributed by atoms with Gasteiger partial charge in [0.1, 0.15) is 5.82 Å². The van der Waals surface area contributed by atoms with Crippen LogP contribution in [0.4, 0.5) is 4.39 Å². The van der Waals surface area contributed by atoms with Gasteiger partial charge in [0.15, 0.2) is 6.61 Å². The van der Waals surface area contributed by atoms with Crippen molar-refractivity contribution in [1.82, 2.24) is 5.32 Å². The Hall–Kier alpha value is -2.69. The van der Waals surface area contributed by atoms with Gasteiger partial charge in [-0.1, -0.05) is 36.4 Å². The average Bonchev–Trinajstić information content (AvgIpc) is 2.66. The minimum Gasteiger partial charge on any atom is -0.456 e. The minimum absolute atomic E-state index is 0.0228. The molecule has 0 aliphatic heterocycles. The summed E-state index contributed by atoms with van der Waals surface area (Å²) in [7, 11) is 0. The molecule has 4 nitrogen and oxygen atoms in total. The summed E-state index contributed by atoms with van der Waals surface area (Å²) in [5.74, 6) is -1.03. The zero-order chi connectivity index (χ0) is 18.4. The largest absolute Gasteiger partial charge is 0.456 e. The Morgan fingerprint density at radius 2 is 1.88 bits per heavy atom. The molecule has 5 heteroatoms. The third kappa shape index (κ3) is 4.91. The number of carbonyl (C=O) groups excluding carboxylic acids is 2. The Morgan fingerprint density at radius 3 is 2.69 bits per heavy atom. The second kappa shape index (κ2) is 8.61. The van der Waals surface area contributed by atoms with Gasteiger partial charge in [-0.3, -0.25) is 9.59 Å². The van der Waals surface area contributed by atoms with E-state index in [1.54, 1.807) is 12.1 Å². The van der Waals surface area contributed by atoms with E-state index in [0.717, 1.165) is 30.4 Å². The van der Waals surface area contributed by atoms with Gasteiger partial charge in [0.05, 0.1) is 6.04 Å². The number of hydrogen-bond donors (Lipinski definition) is 1. The number of rotatable bonds is 6. The summed E-state index contributed by atoms with van der Waals surface area (Å²) in [6.07, 6.45) is 3.56. The monoisotopic (exact) mass is 355 g/mol. The van der Waals surface area contributed by atoms with Crippen LogP contribution < -0.4 is 5.32 Å². The molecule has 0 spiro atoms. The van der Waals surface area contributed by atoms with E-state index in [-0.39, 0.29) is 30.8 Å². The number of aryl methyl sites for hydroxylation is 2. The molecule has 0 fully saturated rings. The summed E-state index contributed by atoms with van der Waals surface area (Å²) in [5, 5.41) is 2.95. The Kier molecular flexibility index (Phi) is 6.00. The highest BCUT2D eigenvalue weighted by Crippen LogP contribution is 2.29. The van der Waals surface area contributed by atoms with E-state index in [0.29, 0.717) is 6.42 Å². The first-order chi connectivity index (χ1) is 12.6. The van der Waals surface area contributed by atoms with Crippen molar-refractivity contribution in [3.8, 4) is 0 Å². The van der Waals surface area contributed by atoms with Gasteiger partial charge in [-0.05, 0) is 54.5 Å². The van der Waals surface area contributed by atoms with Crippen molar-refractivity contribution in [1.29, 1.82) is 0 Å². The number of ether oxygens (including phenoxy) is 1. The van der Waals surface area contributed by atoms with Crippen molar-refractivity contribution in [3.63, 3.8) is 0 Å². The maximum Gasteiger partial charge on any atom is 0.306 e. The van der Waals surface area contributed by atoms with Crippen LogP contribution in [0.2, 0.25) is 0 Å². The number of carbonyl (C=O) groups is 2. The first kappa shape index (κ1) is 18.1. The molecule has 136 valence electrons. The average molecular weight is 355 g/mol. The van der Waals surface area contributed by atoms with Crippen LogP contribution in [-0.4, -0.2) is 18.5 Å². The van der Waals surface area contributed by atoms with E-state index in [9.17, 15) is 14.0 Å². The summed E-state index contributed by atoms with van der Waals surface area (Å²) in [4.78, 5) is 23.9. The number of fused-ring (bicyclic) bond motifs is 1. The molecule has 1 atom stereocenters. The van der Waals surface area contributed by atoms with Gasteiger partial charge in [0.25, 0.3) is 5.91 Å². The Bertz CT molecular complexity index is 773. The van der Waals surface area contributed by atoms with Crippen LogP contribution in [0.5, 0.6) is 0 Å². The van der Waals surface area contributed by atoms with E-state index in [1.807, 2.05) is 18.2 Å². The van der Waals surface area contributed by atoms with Crippen LogP contribution in [0.25, 0.3) is 0 Å². The summed E-state index contributed by atoms with van der Waals surface area (Å²) in [5.41, 5.74) is 3.27. The lowest BCUT2D eigenvalue weighted by Gasteiger charge is -2.26. The molecule has 0 saturated carbocycles. The van der Waals surface area contributed by atoms with Crippen LogP contribution in [0.1, 0.15) is 42.0 Å². The molecule has 0 radical (unpaired) electrons. The number of halogens is 1. The molecular formula is C21H22FNO3. The van der Waals surface area contributed by atoms with Gasteiger partial charge in [0, 0.05) is 6.42 Å². The van der Waals surface area contributed by atoms with Crippen molar-refractivity contribution < 1.29 is 18.7 Å². The van der Waals surface area contributed by atoms with E-state index in [4.69, 9.17) is 4.74 Å². The molecular weight excluding hydrogens is 333 g/mol. The van der Waals surface area contributed by atoms with Crippen molar-refractivity contribution >= 4 is 11.9 Å². The third-order valence-corrected chi connectivity index (χ3v) is 4.60. The summed E-state index contributed by atoms with van der Waals surface area (Å²) >= 11 is 0. The predicted octanol–water partition coefficient (Wildman–Crippen LogP) is 3.50. The van der Waals surface area contributed by atoms with Crippen LogP contribution in [0.3, 0.4) is 0 Å². The van der Waals surface area contributed by atoms with Crippen LogP contribution in [-0.2, 0) is 27.2 Å². The zero-order valence-corrected chi connectivity index (χ0v) is 14.5. The highest BCUT2D eigenvalue weighted by atomic mass is 19.1. The van der Waals surface area contributed by atoms with Crippen LogP contribution in [0.15, 0.2) is 48.5 Å². The molecule has 1 aliphatic rings. The summed E-state index contributed by atoms with van der Waals surface area (Å²) in [6.45, 7) is -0.277. The van der Waals surface area contributed by atoms with Gasteiger partial charge in [-0.25, -0.2) is 4.39 Å². The maximum atomic E-state index is 12.8. The number of amides is 1. The highest BCUT2D eigenvalue weighted by Gasteiger charge is 2.21. The zero-order valence-electron chi connectivity index (χ0n) is 14.5. The van der Waals surface area contributed by atoms with Gasteiger partial charge < -0.3 is 10.1 Å². The molecule has 1 N–H and O–H groups in total. The van der Waals surface area contributed by atoms with Gasteiger partial charge in [-0.15, -0.1) is 0 Å². The van der Waals surface area contributed by atoms with Gasteiger partial charge >= 0.3 is 5.97 Å². The lowest BCUT2D eigenvalue weighted by atomic mass is 9.88. The number of esters is 1. The van der Waals surface area contributed by atoms with Gasteiger partial charge in [0.2, 0.25) is 0 Å². The topological polar surface area (TPSA) is 55.4 Å². The van der Waals surface area contributed by atoms with E-state index in [1.165, 1.54) is 17.7 Å². The lowest BCUT2D eigenvalue weighted by molar-refractivity contribution is -0.148. The molecule has 0 aromatic heterocycles. The number of nitrogens with one attached hydrogen (secondary N) is 1. The van der Waals surface area contributed by atoms with Crippen molar-refractivity contribution in [2.24, 2.45) is 0 Å². The second-order valence-corrected chi connectivity index (χ2v) is 6.50. The Labute approximate surface area is 152 Å². The van der Waals surface area contributed by atoms with Crippen molar-refractivity contribution in [2.75, 3.05) is 6.61 Å². The molecule has 1 amide bonds. The molecule has 1 aliphatic carbocycles. The first-order valence-corrected chi connectivity index (χ1v) is 8.89. The fraction of sp³-hybridized carbons (Fsp3) is 0.333. The fourth-order valence-electron chi connectivity index (χ4n) is 3.26. The minimum atomic E-state index is -0.437. The molecule has 2 aromatic rings. The predicted molar refractivity (Wildman–Crippen MR) is 95.9 cm³/mol. The van der Waals surface area contributed by atoms with E-state index >= 15 is 0 Å². The maximum absolute atomic E-state index is 12.8. The quantitative estimate of drug-likeness (QED) is 0.807. The summed E-state index contributed by atoms with van der Waals surface area (Å²) in [6, 6.07) is 14.1. The van der Waals surface area contributed by atoms with Crippen molar-refractivity contribution in [2.45, 2.75) is 38.1 Å². The normalized spacial score (nSPS) is 15.8. The third-order valence-electron chi connectivity index (χ3n) is 4.60. The number of benzene rings is 2. The summed E-state index contributed by atoms with van der Waals surface area (Å²) < 4.78 is 17.9. The molecule has 26 heavy (non-hydrogen) atoms. The molecule has 0 saturated heterocycles. The molecule has 0 unspecified atom stereocenters. The van der Waals surface area contributed by atoms with Crippen molar-refractivity contribution in [3.05, 3.63) is 71.0 Å². The van der Waals surface area contributed by atoms with E-state index in [2.05, 4.69) is 11.4 Å². The molecule has 0 heterocycles. The van der Waals surface area contributed by atoms with Crippen LogP contribution >= 0.6 is 0 Å². The lowest BCUT2D eigenvalue weighted by Crippen LogP contribution is -2.34. The Morgan fingerprint density at radius 1 is 1.12 bits per heavy atom. The van der Waals surface area contributed by atoms with Gasteiger partial charge in [-0.2, -0.15) is 0 Å². The SMILES string of the molecule is O=C(COC(=O)CCc1ccc(F)cc1)N[C@H]1CCCc2ccccc21. The van der Waals surface area contributed by atoms with E-state index < -0.39 is 5.97 Å². The Balaban J connectivity index is 1.43. The highest BCUT2D eigenvalue weighted by molar-refractivity contribution is 5.81. The first-order valence-electron chi connectivity index (χ1n) is 8.89. The fourth-order valence-corrected chi connectivity index (χ4v) is 3.26. The number of hydrogen-bond acceptors (Lipinski definition) is 3. The van der Waals surface area contributed by atoms with Crippen LogP contribution in [0, 0.1) is 5.82 Å².